The summed E-state index contributed by atoms with van der Waals surface area (Å²) in [6.45, 7) is 2.50. The number of piperidine rings is 1. The van der Waals surface area contributed by atoms with Crippen LogP contribution >= 0.6 is 24.0 Å². The number of likely N-dealkylation sites (tertiary alicyclic amines) is 1. The number of aliphatic imine (C=N–C) groups is 1. The molecule has 6 nitrogen and oxygen atoms in total. The molecule has 1 aliphatic heterocycles. The number of methoxy groups -OCH3 is 1. The van der Waals surface area contributed by atoms with Gasteiger partial charge in [-0.05, 0) is 30.4 Å². The van der Waals surface area contributed by atoms with Crippen LogP contribution in [-0.4, -0.2) is 70.2 Å². The van der Waals surface area contributed by atoms with Crippen molar-refractivity contribution in [1.82, 2.24) is 10.2 Å². The minimum absolute atomic E-state index is 0. The first-order valence-corrected chi connectivity index (χ1v) is 10.2. The van der Waals surface area contributed by atoms with Gasteiger partial charge in [-0.3, -0.25) is 4.99 Å². The zero-order valence-electron chi connectivity index (χ0n) is 18.1. The van der Waals surface area contributed by atoms with E-state index in [4.69, 9.17) is 9.47 Å². The molecule has 2 rings (SSSR count). The molecule has 0 radical (unpaired) electrons. The highest BCUT2D eigenvalue weighted by Gasteiger charge is 2.27. The van der Waals surface area contributed by atoms with E-state index in [0.29, 0.717) is 12.1 Å². The lowest BCUT2D eigenvalue weighted by Crippen LogP contribution is -2.46. The second kappa shape index (κ2) is 14.9. The van der Waals surface area contributed by atoms with Crippen molar-refractivity contribution in [2.75, 3.05) is 47.1 Å². The van der Waals surface area contributed by atoms with Gasteiger partial charge in [-0.2, -0.15) is 13.2 Å². The molecule has 0 spiro atoms. The van der Waals surface area contributed by atoms with Gasteiger partial charge in [-0.1, -0.05) is 24.3 Å². The van der Waals surface area contributed by atoms with E-state index >= 15 is 0 Å². The van der Waals surface area contributed by atoms with Crippen LogP contribution in [0.2, 0.25) is 0 Å². The van der Waals surface area contributed by atoms with E-state index in [9.17, 15) is 13.2 Å². The van der Waals surface area contributed by atoms with Crippen molar-refractivity contribution in [1.29, 1.82) is 0 Å². The van der Waals surface area contributed by atoms with Crippen molar-refractivity contribution >= 4 is 29.9 Å². The summed E-state index contributed by atoms with van der Waals surface area (Å²) in [7, 11) is 3.45. The third-order valence-electron chi connectivity index (χ3n) is 4.81. The van der Waals surface area contributed by atoms with Gasteiger partial charge in [-0.15, -0.1) is 24.0 Å². The highest BCUT2D eigenvalue weighted by atomic mass is 127. The number of nitrogens with one attached hydrogen (secondary N) is 1. The molecule has 0 atom stereocenters. The number of hydrogen-bond donors (Lipinski definition) is 1. The maximum absolute atomic E-state index is 12.1. The molecule has 0 amide bonds. The number of rotatable bonds is 10. The maximum atomic E-state index is 12.1. The SMILES string of the molecule is CN=C(NCc1ccc(COCC(F)(F)F)cc1)N1CCC(OCCCOC)CC1.I. The van der Waals surface area contributed by atoms with Crippen LogP contribution in [0.5, 0.6) is 0 Å². The molecular formula is C21H33F3IN3O3. The Balaban J connectivity index is 0.00000480. The molecule has 1 N–H and O–H groups in total. The third kappa shape index (κ3) is 11.4. The summed E-state index contributed by atoms with van der Waals surface area (Å²) in [5.74, 6) is 0.838. The molecule has 0 aliphatic carbocycles. The number of benzene rings is 1. The average Bonchev–Trinajstić information content (AvgIpc) is 2.73. The molecule has 1 fully saturated rings. The Labute approximate surface area is 199 Å². The van der Waals surface area contributed by atoms with Gasteiger partial charge in [0.1, 0.15) is 6.61 Å². The average molecular weight is 559 g/mol. The van der Waals surface area contributed by atoms with Crippen LogP contribution in [0, 0.1) is 0 Å². The van der Waals surface area contributed by atoms with E-state index < -0.39 is 12.8 Å². The first kappa shape index (κ1) is 27.9. The molecule has 0 unspecified atom stereocenters. The zero-order chi connectivity index (χ0) is 21.8. The summed E-state index contributed by atoms with van der Waals surface area (Å²) >= 11 is 0. The molecule has 0 saturated carbocycles. The number of ether oxygens (including phenoxy) is 3. The molecule has 0 aromatic heterocycles. The quantitative estimate of drug-likeness (QED) is 0.204. The highest BCUT2D eigenvalue weighted by molar-refractivity contribution is 14.0. The lowest BCUT2D eigenvalue weighted by molar-refractivity contribution is -0.176. The second-order valence-electron chi connectivity index (χ2n) is 7.23. The second-order valence-corrected chi connectivity index (χ2v) is 7.23. The van der Waals surface area contributed by atoms with Crippen LogP contribution in [0.15, 0.2) is 29.3 Å². The molecule has 1 saturated heterocycles. The molecule has 1 heterocycles. The number of guanidine groups is 1. The van der Waals surface area contributed by atoms with E-state index in [1.54, 1.807) is 26.3 Å². The monoisotopic (exact) mass is 559 g/mol. The number of nitrogens with zero attached hydrogens (tertiary/aromatic N) is 2. The van der Waals surface area contributed by atoms with Gasteiger partial charge in [0, 0.05) is 47.0 Å². The largest absolute Gasteiger partial charge is 0.411 e. The number of hydrogen-bond acceptors (Lipinski definition) is 4. The summed E-state index contributed by atoms with van der Waals surface area (Å²) < 4.78 is 52.0. The summed E-state index contributed by atoms with van der Waals surface area (Å²) in [4.78, 5) is 6.58. The molecule has 0 bridgehead atoms. The van der Waals surface area contributed by atoms with Crippen LogP contribution < -0.4 is 5.32 Å². The molecule has 10 heteroatoms. The standard InChI is InChI=1S/C21H32F3N3O3.HI/c1-25-20(27-10-8-19(9-11-27)30-13-3-12-28-2)26-14-17-4-6-18(7-5-17)15-29-16-21(22,23)24;/h4-7,19H,3,8-16H2,1-2H3,(H,25,26);1H. The Kier molecular flexibility index (Phi) is 13.4. The van der Waals surface area contributed by atoms with Gasteiger partial charge < -0.3 is 24.4 Å². The summed E-state index contributed by atoms with van der Waals surface area (Å²) in [5, 5.41) is 3.35. The van der Waals surface area contributed by atoms with E-state index in [1.165, 1.54) is 0 Å². The fourth-order valence-electron chi connectivity index (χ4n) is 3.24. The molecular weight excluding hydrogens is 526 g/mol. The molecule has 1 aromatic carbocycles. The smallest absolute Gasteiger partial charge is 0.385 e. The topological polar surface area (TPSA) is 55.3 Å². The van der Waals surface area contributed by atoms with Crippen LogP contribution in [-0.2, 0) is 27.4 Å². The van der Waals surface area contributed by atoms with Crippen molar-refractivity contribution < 1.29 is 27.4 Å². The van der Waals surface area contributed by atoms with Crippen LogP contribution in [0.25, 0.3) is 0 Å². The van der Waals surface area contributed by atoms with Crippen molar-refractivity contribution in [2.45, 2.75) is 44.7 Å². The Morgan fingerprint density at radius 1 is 1.13 bits per heavy atom. The zero-order valence-corrected chi connectivity index (χ0v) is 20.4. The Bertz CT molecular complexity index is 637. The fourth-order valence-corrected chi connectivity index (χ4v) is 3.24. The summed E-state index contributed by atoms with van der Waals surface area (Å²) in [6.07, 6.45) is -1.19. The van der Waals surface area contributed by atoms with E-state index in [1.807, 2.05) is 12.1 Å². The van der Waals surface area contributed by atoms with Crippen molar-refractivity contribution in [3.63, 3.8) is 0 Å². The van der Waals surface area contributed by atoms with Gasteiger partial charge >= 0.3 is 6.18 Å². The first-order chi connectivity index (χ1) is 14.4. The van der Waals surface area contributed by atoms with Crippen LogP contribution in [0.1, 0.15) is 30.4 Å². The lowest BCUT2D eigenvalue weighted by atomic mass is 10.1. The molecule has 1 aliphatic rings. The van der Waals surface area contributed by atoms with Gasteiger partial charge in [0.15, 0.2) is 5.96 Å². The van der Waals surface area contributed by atoms with Crippen LogP contribution in [0.4, 0.5) is 13.2 Å². The summed E-state index contributed by atoms with van der Waals surface area (Å²) in [5.41, 5.74) is 1.73. The van der Waals surface area contributed by atoms with Gasteiger partial charge in [0.05, 0.1) is 12.7 Å². The highest BCUT2D eigenvalue weighted by Crippen LogP contribution is 2.16. The van der Waals surface area contributed by atoms with E-state index in [-0.39, 0.29) is 36.7 Å². The van der Waals surface area contributed by atoms with Gasteiger partial charge in [0.25, 0.3) is 0 Å². The maximum Gasteiger partial charge on any atom is 0.411 e. The van der Waals surface area contributed by atoms with E-state index in [2.05, 4.69) is 19.9 Å². The third-order valence-corrected chi connectivity index (χ3v) is 4.81. The lowest BCUT2D eigenvalue weighted by Gasteiger charge is -2.34. The van der Waals surface area contributed by atoms with Crippen LogP contribution in [0.3, 0.4) is 0 Å². The first-order valence-electron chi connectivity index (χ1n) is 10.2. The number of halogens is 4. The predicted octanol–water partition coefficient (Wildman–Crippen LogP) is 3.98. The van der Waals surface area contributed by atoms with Crippen molar-refractivity contribution in [3.8, 4) is 0 Å². The Morgan fingerprint density at radius 2 is 1.77 bits per heavy atom. The molecule has 31 heavy (non-hydrogen) atoms. The Morgan fingerprint density at radius 3 is 2.35 bits per heavy atom. The summed E-state index contributed by atoms with van der Waals surface area (Å²) in [6, 6.07) is 7.32. The predicted molar refractivity (Wildman–Crippen MR) is 125 cm³/mol. The minimum atomic E-state index is -4.30. The fraction of sp³-hybridized carbons (Fsp3) is 0.667. The van der Waals surface area contributed by atoms with Crippen molar-refractivity contribution in [2.24, 2.45) is 4.99 Å². The van der Waals surface area contributed by atoms with E-state index in [0.717, 1.165) is 57.1 Å². The Hall–Kier alpha value is -1.11. The van der Waals surface area contributed by atoms with Gasteiger partial charge in [-0.25, -0.2) is 0 Å². The molecule has 178 valence electrons. The van der Waals surface area contributed by atoms with Gasteiger partial charge in [0.2, 0.25) is 0 Å². The minimum Gasteiger partial charge on any atom is -0.385 e. The molecule has 1 aromatic rings. The van der Waals surface area contributed by atoms with Crippen molar-refractivity contribution in [3.05, 3.63) is 35.4 Å². The number of alkyl halides is 3. The normalized spacial score (nSPS) is 15.6.